The first-order valence-electron chi connectivity index (χ1n) is 4.57. The molecule has 0 unspecified atom stereocenters. The smallest absolute Gasteiger partial charge is 0.0466 e. The second kappa shape index (κ2) is 3.35. The fraction of sp³-hybridized carbons (Fsp3) is 1.00. The minimum Gasteiger partial charge on any atom is -0.144 e. The molecule has 0 heterocycles. The Balaban J connectivity index is 4.57. The van der Waals surface area contributed by atoms with E-state index in [0.29, 0.717) is 5.92 Å². The van der Waals surface area contributed by atoms with Gasteiger partial charge in [0.1, 0.15) is 0 Å². The van der Waals surface area contributed by atoms with Crippen LogP contribution in [0.3, 0.4) is 0 Å². The first kappa shape index (κ1) is 11.9. The van der Waals surface area contributed by atoms with E-state index in [4.69, 9.17) is 0 Å². The summed E-state index contributed by atoms with van der Waals surface area (Å²) in [6.45, 7) is 14.0. The van der Waals surface area contributed by atoms with Crippen LogP contribution in [0.15, 0.2) is 0 Å². The summed E-state index contributed by atoms with van der Waals surface area (Å²) < 4.78 is 0. The zero-order valence-corrected chi connectivity index (χ0v) is 9.43. The molecule has 0 aliphatic rings. The topological polar surface area (TPSA) is 23.1 Å². The van der Waals surface area contributed by atoms with Gasteiger partial charge in [0.25, 0.3) is 0 Å². The summed E-state index contributed by atoms with van der Waals surface area (Å²) in [4.78, 5) is 0. The zero-order chi connectivity index (χ0) is 10.2. The Labute approximate surface area is 76.5 Å². The molecule has 0 rings (SSSR count). The van der Waals surface area contributed by atoms with Crippen LogP contribution >= 0.6 is 0 Å². The molecule has 2 heteroatoms. The lowest BCUT2D eigenvalue weighted by Gasteiger charge is -2.42. The summed E-state index contributed by atoms with van der Waals surface area (Å²) in [5.41, 5.74) is -0.577. The predicted octanol–water partition coefficient (Wildman–Crippen LogP) is 2.87. The van der Waals surface area contributed by atoms with Crippen LogP contribution < -0.4 is 0 Å². The van der Waals surface area contributed by atoms with Gasteiger partial charge < -0.3 is 0 Å². The summed E-state index contributed by atoms with van der Waals surface area (Å²) in [6.07, 6.45) is 0. The monoisotopic (exact) mass is 172 g/mol. The fourth-order valence-electron chi connectivity index (χ4n) is 1.10. The second-order valence-electron chi connectivity index (χ2n) is 5.27. The van der Waals surface area contributed by atoms with E-state index in [1.165, 1.54) is 5.06 Å². The molecule has 0 fully saturated rings. The van der Waals surface area contributed by atoms with Gasteiger partial charge in [-0.3, -0.25) is 0 Å². The molecule has 0 spiro atoms. The van der Waals surface area contributed by atoms with Crippen molar-refractivity contribution >= 4 is 0 Å². The van der Waals surface area contributed by atoms with Crippen LogP contribution in [0.1, 0.15) is 48.5 Å². The third kappa shape index (κ3) is 2.46. The number of rotatable bonds is 2. The Morgan fingerprint density at radius 1 is 1.00 bits per heavy atom. The maximum Gasteiger partial charge on any atom is 0.0466 e. The van der Waals surface area contributed by atoms with Crippen molar-refractivity contribution in [2.45, 2.75) is 59.5 Å². The summed E-state index contributed by atoms with van der Waals surface area (Å²) >= 11 is 0. The minimum absolute atomic E-state index is 0.280. The molecule has 0 amide bonds. The molecule has 0 bridgehead atoms. The highest BCUT2D eigenvalue weighted by molar-refractivity contribution is 4.86. The lowest BCUT2D eigenvalue weighted by atomic mass is 9.87. The van der Waals surface area contributed by atoms with Gasteiger partial charge >= 0.3 is 0 Å². The lowest BCUT2D eigenvalue weighted by Crippen LogP contribution is -2.53. The summed E-state index contributed by atoms with van der Waals surface area (Å²) in [7, 11) is 0. The van der Waals surface area contributed by atoms with Crippen molar-refractivity contribution in [3.05, 3.63) is 0 Å². The number of nitrogens with zero attached hydrogens (tertiary/aromatic N) is 1. The molecule has 0 aromatic rings. The van der Waals surface area contributed by atoms with Crippen LogP contribution in [0.2, 0.25) is 0 Å². The number of hydrogen-bond acceptors (Lipinski definition) is 1. The van der Waals surface area contributed by atoms with E-state index in [2.05, 4.69) is 13.8 Å². The normalized spacial score (nSPS) is 14.5. The molecule has 0 saturated carbocycles. The van der Waals surface area contributed by atoms with E-state index < -0.39 is 0 Å². The first-order chi connectivity index (χ1) is 5.10. The van der Waals surface area contributed by atoms with Gasteiger partial charge in [-0.1, -0.05) is 13.8 Å². The SMILES string of the molecule is CC(C)C(C)(C)N([O])C(C)(C)C. The van der Waals surface area contributed by atoms with Gasteiger partial charge in [-0.15, -0.1) is 10.3 Å². The molecule has 2 nitrogen and oxygen atoms in total. The van der Waals surface area contributed by atoms with Gasteiger partial charge in [0.2, 0.25) is 0 Å². The average molecular weight is 172 g/mol. The lowest BCUT2D eigenvalue weighted by molar-refractivity contribution is -0.276. The van der Waals surface area contributed by atoms with Crippen LogP contribution in [-0.4, -0.2) is 16.1 Å². The molecule has 0 aromatic carbocycles. The van der Waals surface area contributed by atoms with Crippen molar-refractivity contribution in [2.24, 2.45) is 5.92 Å². The summed E-state index contributed by atoms with van der Waals surface area (Å²) in [5.74, 6) is 0.370. The average Bonchev–Trinajstić information content (AvgIpc) is 1.83. The van der Waals surface area contributed by atoms with Crippen molar-refractivity contribution in [1.29, 1.82) is 0 Å². The van der Waals surface area contributed by atoms with Gasteiger partial charge in [-0.2, -0.15) is 0 Å². The molecule has 0 atom stereocenters. The van der Waals surface area contributed by atoms with Gasteiger partial charge in [0.05, 0.1) is 0 Å². The third-order valence-corrected chi connectivity index (χ3v) is 2.55. The highest BCUT2D eigenvalue weighted by Crippen LogP contribution is 2.28. The molecule has 0 saturated heterocycles. The van der Waals surface area contributed by atoms with Gasteiger partial charge in [-0.05, 0) is 40.5 Å². The Bertz CT molecular complexity index is 144. The summed E-state index contributed by atoms with van der Waals surface area (Å²) in [6, 6.07) is 0. The standard InChI is InChI=1S/C10H22NO/c1-8(2)10(6,7)11(12)9(3,4)5/h8H,1-7H3. The van der Waals surface area contributed by atoms with Gasteiger partial charge in [-0.25, -0.2) is 0 Å². The molecule has 0 aliphatic carbocycles. The summed E-state index contributed by atoms with van der Waals surface area (Å²) in [5, 5.41) is 13.0. The van der Waals surface area contributed by atoms with Crippen LogP contribution in [-0.2, 0) is 5.21 Å². The Kier molecular flexibility index (Phi) is 3.32. The predicted molar refractivity (Wildman–Crippen MR) is 51.2 cm³/mol. The van der Waals surface area contributed by atoms with E-state index >= 15 is 0 Å². The number of hydrogen-bond donors (Lipinski definition) is 0. The van der Waals surface area contributed by atoms with E-state index in [-0.39, 0.29) is 11.1 Å². The first-order valence-corrected chi connectivity index (χ1v) is 4.57. The maximum atomic E-state index is 11.8. The Hall–Kier alpha value is -0.0800. The highest BCUT2D eigenvalue weighted by Gasteiger charge is 2.37. The van der Waals surface area contributed by atoms with Crippen LogP contribution in [0, 0.1) is 5.92 Å². The van der Waals surface area contributed by atoms with Crippen molar-refractivity contribution in [1.82, 2.24) is 5.06 Å². The molecular weight excluding hydrogens is 150 g/mol. The van der Waals surface area contributed by atoms with Crippen molar-refractivity contribution in [2.75, 3.05) is 0 Å². The van der Waals surface area contributed by atoms with E-state index in [1.54, 1.807) is 0 Å². The Morgan fingerprint density at radius 2 is 1.33 bits per heavy atom. The van der Waals surface area contributed by atoms with E-state index in [1.807, 2.05) is 34.6 Å². The van der Waals surface area contributed by atoms with E-state index in [9.17, 15) is 5.21 Å². The molecule has 73 valence electrons. The second-order valence-corrected chi connectivity index (χ2v) is 5.27. The molecule has 12 heavy (non-hydrogen) atoms. The van der Waals surface area contributed by atoms with Crippen molar-refractivity contribution in [3.63, 3.8) is 0 Å². The molecule has 0 aliphatic heterocycles. The minimum atomic E-state index is -0.298. The largest absolute Gasteiger partial charge is 0.144 e. The van der Waals surface area contributed by atoms with Crippen molar-refractivity contribution in [3.8, 4) is 0 Å². The zero-order valence-electron chi connectivity index (χ0n) is 9.43. The third-order valence-electron chi connectivity index (χ3n) is 2.55. The Morgan fingerprint density at radius 3 is 1.42 bits per heavy atom. The highest BCUT2D eigenvalue weighted by atomic mass is 16.5. The molecular formula is C10H22NO. The van der Waals surface area contributed by atoms with Gasteiger partial charge in [0.15, 0.2) is 0 Å². The van der Waals surface area contributed by atoms with Crippen LogP contribution in [0.5, 0.6) is 0 Å². The quantitative estimate of drug-likeness (QED) is 0.587. The van der Waals surface area contributed by atoms with Crippen molar-refractivity contribution < 1.29 is 5.21 Å². The molecule has 0 aromatic heterocycles. The maximum absolute atomic E-state index is 11.8. The molecule has 1 radical (unpaired) electrons. The van der Waals surface area contributed by atoms with E-state index in [0.717, 1.165) is 0 Å². The fourth-order valence-corrected chi connectivity index (χ4v) is 1.10. The van der Waals surface area contributed by atoms with Crippen LogP contribution in [0.25, 0.3) is 0 Å². The van der Waals surface area contributed by atoms with Crippen LogP contribution in [0.4, 0.5) is 0 Å². The molecule has 0 N–H and O–H groups in total. The number of hydroxylamine groups is 2. The van der Waals surface area contributed by atoms with Gasteiger partial charge in [0, 0.05) is 11.1 Å².